The highest BCUT2D eigenvalue weighted by Gasteiger charge is 2.47. The SMILES string of the molecule is CCS(=O)(=O)c1ccc(N2CCC(NC(=O)CCN3C(=O)C4CCCCC4C3=O)CC2)cc1. The molecular weight excluding hydrogens is 442 g/mol. The molecule has 0 bridgehead atoms. The Kier molecular flexibility index (Phi) is 7.07. The average Bonchev–Trinajstić information content (AvgIpc) is 3.08. The number of nitrogens with zero attached hydrogens (tertiary/aromatic N) is 2. The normalized spacial score (nSPS) is 24.2. The first kappa shape index (κ1) is 23.7. The number of amides is 3. The van der Waals surface area contributed by atoms with Crippen LogP contribution >= 0.6 is 0 Å². The summed E-state index contributed by atoms with van der Waals surface area (Å²) in [6, 6.07) is 7.03. The number of likely N-dealkylation sites (tertiary alicyclic amines) is 1. The minimum Gasteiger partial charge on any atom is -0.371 e. The van der Waals surface area contributed by atoms with Crippen molar-refractivity contribution in [1.82, 2.24) is 10.2 Å². The van der Waals surface area contributed by atoms with Crippen molar-refractivity contribution in [3.05, 3.63) is 24.3 Å². The van der Waals surface area contributed by atoms with Crippen LogP contribution in [0, 0.1) is 11.8 Å². The fourth-order valence-electron chi connectivity index (χ4n) is 5.28. The summed E-state index contributed by atoms with van der Waals surface area (Å²) < 4.78 is 24.0. The van der Waals surface area contributed by atoms with Gasteiger partial charge in [-0.1, -0.05) is 19.8 Å². The van der Waals surface area contributed by atoms with Gasteiger partial charge in [-0.25, -0.2) is 8.42 Å². The van der Waals surface area contributed by atoms with Crippen molar-refractivity contribution in [1.29, 1.82) is 0 Å². The second-order valence-electron chi connectivity index (χ2n) is 9.30. The van der Waals surface area contributed by atoms with Crippen molar-refractivity contribution >= 4 is 33.2 Å². The van der Waals surface area contributed by atoms with Crippen LogP contribution in [0.1, 0.15) is 51.9 Å². The van der Waals surface area contributed by atoms with Gasteiger partial charge in [-0.15, -0.1) is 0 Å². The average molecular weight is 476 g/mol. The Morgan fingerprint density at radius 1 is 0.970 bits per heavy atom. The Bertz CT molecular complexity index is 975. The van der Waals surface area contributed by atoms with Crippen LogP contribution in [0.3, 0.4) is 0 Å². The van der Waals surface area contributed by atoms with E-state index in [1.807, 2.05) is 12.1 Å². The zero-order valence-corrected chi connectivity index (χ0v) is 20.0. The summed E-state index contributed by atoms with van der Waals surface area (Å²) in [4.78, 5) is 41.4. The summed E-state index contributed by atoms with van der Waals surface area (Å²) in [5.41, 5.74) is 0.974. The Morgan fingerprint density at radius 2 is 1.55 bits per heavy atom. The number of piperidine rings is 1. The maximum atomic E-state index is 12.6. The van der Waals surface area contributed by atoms with Crippen molar-refractivity contribution < 1.29 is 22.8 Å². The molecule has 1 aromatic rings. The van der Waals surface area contributed by atoms with Crippen LogP contribution in [0.2, 0.25) is 0 Å². The number of hydrogen-bond donors (Lipinski definition) is 1. The molecule has 3 fully saturated rings. The number of anilines is 1. The molecule has 180 valence electrons. The molecule has 1 saturated carbocycles. The van der Waals surface area contributed by atoms with E-state index in [9.17, 15) is 22.8 Å². The number of rotatable bonds is 7. The lowest BCUT2D eigenvalue weighted by Gasteiger charge is -2.34. The molecule has 2 heterocycles. The van der Waals surface area contributed by atoms with E-state index in [1.54, 1.807) is 19.1 Å². The summed E-state index contributed by atoms with van der Waals surface area (Å²) in [6.07, 6.45) is 5.27. The fraction of sp³-hybridized carbons (Fsp3) is 0.625. The number of benzene rings is 1. The van der Waals surface area contributed by atoms with Crippen LogP contribution in [0.5, 0.6) is 0 Å². The number of fused-ring (bicyclic) bond motifs is 1. The highest BCUT2D eigenvalue weighted by Crippen LogP contribution is 2.38. The third-order valence-electron chi connectivity index (χ3n) is 7.30. The van der Waals surface area contributed by atoms with Gasteiger partial charge in [-0.3, -0.25) is 19.3 Å². The van der Waals surface area contributed by atoms with Gasteiger partial charge >= 0.3 is 0 Å². The number of carbonyl (C=O) groups excluding carboxylic acids is 3. The van der Waals surface area contributed by atoms with E-state index in [1.165, 1.54) is 4.90 Å². The zero-order valence-electron chi connectivity index (χ0n) is 19.2. The highest BCUT2D eigenvalue weighted by molar-refractivity contribution is 7.91. The van der Waals surface area contributed by atoms with Gasteiger partial charge in [0, 0.05) is 37.8 Å². The predicted octanol–water partition coefficient (Wildman–Crippen LogP) is 2.13. The van der Waals surface area contributed by atoms with E-state index in [2.05, 4.69) is 10.2 Å². The minimum absolute atomic E-state index is 0.0565. The second-order valence-corrected chi connectivity index (χ2v) is 11.6. The van der Waals surface area contributed by atoms with Gasteiger partial charge in [0.15, 0.2) is 9.84 Å². The molecule has 9 heteroatoms. The number of nitrogens with one attached hydrogen (secondary N) is 1. The Labute approximate surface area is 195 Å². The molecule has 3 amide bonds. The molecule has 1 aliphatic carbocycles. The van der Waals surface area contributed by atoms with Crippen LogP contribution in [-0.2, 0) is 24.2 Å². The van der Waals surface area contributed by atoms with Gasteiger partial charge in [0.25, 0.3) is 0 Å². The van der Waals surface area contributed by atoms with Crippen molar-refractivity contribution in [2.75, 3.05) is 30.3 Å². The maximum absolute atomic E-state index is 12.6. The summed E-state index contributed by atoms with van der Waals surface area (Å²) in [7, 11) is -3.20. The van der Waals surface area contributed by atoms with E-state index in [0.29, 0.717) is 4.90 Å². The quantitative estimate of drug-likeness (QED) is 0.606. The lowest BCUT2D eigenvalue weighted by molar-refractivity contribution is -0.140. The predicted molar refractivity (Wildman–Crippen MR) is 124 cm³/mol. The third kappa shape index (κ3) is 5.08. The zero-order chi connectivity index (χ0) is 23.6. The van der Waals surface area contributed by atoms with Gasteiger partial charge in [0.2, 0.25) is 17.7 Å². The lowest BCUT2D eigenvalue weighted by Crippen LogP contribution is -2.45. The minimum atomic E-state index is -3.20. The summed E-state index contributed by atoms with van der Waals surface area (Å²) in [6.45, 7) is 3.33. The first-order valence-corrected chi connectivity index (χ1v) is 13.7. The van der Waals surface area contributed by atoms with Crippen molar-refractivity contribution in [2.45, 2.75) is 62.8 Å². The maximum Gasteiger partial charge on any atom is 0.233 e. The van der Waals surface area contributed by atoms with E-state index >= 15 is 0 Å². The van der Waals surface area contributed by atoms with Gasteiger partial charge in [-0.05, 0) is 49.9 Å². The van der Waals surface area contributed by atoms with E-state index in [4.69, 9.17) is 0 Å². The monoisotopic (exact) mass is 475 g/mol. The smallest absolute Gasteiger partial charge is 0.233 e. The van der Waals surface area contributed by atoms with E-state index in [-0.39, 0.29) is 54.3 Å². The Morgan fingerprint density at radius 3 is 2.09 bits per heavy atom. The van der Waals surface area contributed by atoms with Gasteiger partial charge in [0.1, 0.15) is 0 Å². The number of hydrogen-bond acceptors (Lipinski definition) is 6. The molecule has 2 aliphatic heterocycles. The van der Waals surface area contributed by atoms with Gasteiger partial charge < -0.3 is 10.2 Å². The van der Waals surface area contributed by atoms with Gasteiger partial charge in [0.05, 0.1) is 22.5 Å². The molecule has 0 aromatic heterocycles. The molecule has 2 unspecified atom stereocenters. The van der Waals surface area contributed by atoms with Crippen molar-refractivity contribution in [3.8, 4) is 0 Å². The molecule has 8 nitrogen and oxygen atoms in total. The fourth-order valence-corrected chi connectivity index (χ4v) is 6.16. The molecule has 2 atom stereocenters. The van der Waals surface area contributed by atoms with Crippen molar-refractivity contribution in [3.63, 3.8) is 0 Å². The summed E-state index contributed by atoms with van der Waals surface area (Å²) in [5, 5.41) is 3.05. The Hall–Kier alpha value is -2.42. The molecule has 4 rings (SSSR count). The molecular formula is C24H33N3O5S. The molecule has 0 spiro atoms. The number of carbonyl (C=O) groups is 3. The molecule has 33 heavy (non-hydrogen) atoms. The standard InChI is InChI=1S/C24H33N3O5S/c1-2-33(31,32)19-9-7-18(8-10-19)26-14-11-17(12-15-26)25-22(28)13-16-27-23(29)20-5-3-4-6-21(20)24(27)30/h7-10,17,20-21H,2-6,11-16H2,1H3,(H,25,28). The van der Waals surface area contributed by atoms with E-state index in [0.717, 1.165) is 57.3 Å². The molecule has 0 radical (unpaired) electrons. The Balaban J connectivity index is 1.23. The number of imide groups is 1. The topological polar surface area (TPSA) is 104 Å². The van der Waals surface area contributed by atoms with Crippen LogP contribution < -0.4 is 10.2 Å². The van der Waals surface area contributed by atoms with Crippen LogP contribution in [-0.4, -0.2) is 62.5 Å². The molecule has 2 saturated heterocycles. The molecule has 3 aliphatic rings. The largest absolute Gasteiger partial charge is 0.371 e. The first-order chi connectivity index (χ1) is 15.8. The lowest BCUT2D eigenvalue weighted by atomic mass is 9.81. The van der Waals surface area contributed by atoms with Crippen molar-refractivity contribution in [2.24, 2.45) is 11.8 Å². The summed E-state index contributed by atoms with van der Waals surface area (Å²) >= 11 is 0. The summed E-state index contributed by atoms with van der Waals surface area (Å²) in [5.74, 6) is -0.576. The van der Waals surface area contributed by atoms with Gasteiger partial charge in [-0.2, -0.15) is 0 Å². The molecule has 1 N–H and O–H groups in total. The third-order valence-corrected chi connectivity index (χ3v) is 9.05. The second kappa shape index (κ2) is 9.83. The van der Waals surface area contributed by atoms with Crippen LogP contribution in [0.4, 0.5) is 5.69 Å². The highest BCUT2D eigenvalue weighted by atomic mass is 32.2. The van der Waals surface area contributed by atoms with Crippen LogP contribution in [0.25, 0.3) is 0 Å². The van der Waals surface area contributed by atoms with Crippen LogP contribution in [0.15, 0.2) is 29.2 Å². The first-order valence-electron chi connectivity index (χ1n) is 12.0. The van der Waals surface area contributed by atoms with E-state index < -0.39 is 9.84 Å². The molecule has 1 aromatic carbocycles. The number of sulfone groups is 1.